The average molecular weight is 512 g/mol. The molecule has 180 valence electrons. The molecule has 0 aliphatic carbocycles. The molecule has 0 spiro atoms. The summed E-state index contributed by atoms with van der Waals surface area (Å²) in [6.07, 6.45) is -0.150. The van der Waals surface area contributed by atoms with E-state index in [2.05, 4.69) is 13.5 Å². The zero-order chi connectivity index (χ0) is 25.0. The standard InChI is InChI=1S/C24H21N3O6S2/c1-2-6-15-13-17(24(29)30)10-12-21(15)33-22(16-9-11-19-20(14-16)26-34-25-19)23(28)27-35(31,32)18-7-4-3-5-8-18/h3-5,7-14,22H,2,6H2,1H3,(H,27,28)(H,29,30). The van der Waals surface area contributed by atoms with Crippen molar-refractivity contribution < 1.29 is 27.9 Å². The lowest BCUT2D eigenvalue weighted by molar-refractivity contribution is -0.126. The van der Waals surface area contributed by atoms with E-state index in [1.54, 1.807) is 36.4 Å². The Bertz CT molecular complexity index is 1490. The molecule has 3 aromatic carbocycles. The smallest absolute Gasteiger partial charge is 0.335 e. The molecule has 1 heterocycles. The van der Waals surface area contributed by atoms with Crippen LogP contribution >= 0.6 is 11.7 Å². The Labute approximate surface area is 205 Å². The lowest BCUT2D eigenvalue weighted by Gasteiger charge is -2.21. The fourth-order valence-electron chi connectivity index (χ4n) is 3.50. The molecular weight excluding hydrogens is 490 g/mol. The number of aromatic nitrogens is 2. The highest BCUT2D eigenvalue weighted by Gasteiger charge is 2.29. The quantitative estimate of drug-likeness (QED) is 0.345. The maximum Gasteiger partial charge on any atom is 0.335 e. The number of nitrogens with zero attached hydrogens (tertiary/aromatic N) is 2. The van der Waals surface area contributed by atoms with Crippen molar-refractivity contribution in [1.29, 1.82) is 0 Å². The maximum absolute atomic E-state index is 13.3. The van der Waals surface area contributed by atoms with E-state index in [1.165, 1.54) is 30.3 Å². The lowest BCUT2D eigenvalue weighted by atomic mass is 10.0. The van der Waals surface area contributed by atoms with Gasteiger partial charge < -0.3 is 9.84 Å². The van der Waals surface area contributed by atoms with Gasteiger partial charge in [0.15, 0.2) is 0 Å². The Morgan fingerprint density at radius 3 is 2.49 bits per heavy atom. The Morgan fingerprint density at radius 2 is 1.77 bits per heavy atom. The van der Waals surface area contributed by atoms with Gasteiger partial charge in [0.2, 0.25) is 6.10 Å². The van der Waals surface area contributed by atoms with Gasteiger partial charge in [-0.15, -0.1) is 0 Å². The fraction of sp³-hybridized carbons (Fsp3) is 0.167. The topological polar surface area (TPSA) is 136 Å². The largest absolute Gasteiger partial charge is 0.478 e. The van der Waals surface area contributed by atoms with Gasteiger partial charge in [-0.2, -0.15) is 8.75 Å². The Hall–Kier alpha value is -3.83. The minimum absolute atomic E-state index is 0.0660. The number of benzene rings is 3. The number of carboxylic acid groups (broad SMARTS) is 1. The summed E-state index contributed by atoms with van der Waals surface area (Å²) >= 11 is 1.01. The van der Waals surface area contributed by atoms with E-state index in [1.807, 2.05) is 6.92 Å². The predicted molar refractivity (Wildman–Crippen MR) is 130 cm³/mol. The second kappa shape index (κ2) is 10.2. The molecule has 0 saturated heterocycles. The van der Waals surface area contributed by atoms with Crippen LogP contribution in [0.2, 0.25) is 0 Å². The molecule has 0 radical (unpaired) electrons. The van der Waals surface area contributed by atoms with Crippen LogP contribution in [0.25, 0.3) is 11.0 Å². The molecule has 1 unspecified atom stereocenters. The van der Waals surface area contributed by atoms with Crippen molar-refractivity contribution in [2.24, 2.45) is 0 Å². The van der Waals surface area contributed by atoms with Gasteiger partial charge in [-0.1, -0.05) is 37.6 Å². The first-order valence-electron chi connectivity index (χ1n) is 10.7. The number of aryl methyl sites for hydroxylation is 1. The summed E-state index contributed by atoms with van der Waals surface area (Å²) < 4.78 is 42.1. The van der Waals surface area contributed by atoms with Crippen molar-refractivity contribution in [1.82, 2.24) is 13.5 Å². The van der Waals surface area contributed by atoms with Crippen molar-refractivity contribution in [2.45, 2.75) is 30.8 Å². The minimum atomic E-state index is -4.16. The summed E-state index contributed by atoms with van der Waals surface area (Å²) in [6.45, 7) is 1.93. The van der Waals surface area contributed by atoms with Crippen LogP contribution < -0.4 is 9.46 Å². The Kier molecular flexibility index (Phi) is 7.08. The molecule has 4 rings (SSSR count). The van der Waals surface area contributed by atoms with Gasteiger partial charge in [-0.3, -0.25) is 4.79 Å². The Balaban J connectivity index is 1.73. The summed E-state index contributed by atoms with van der Waals surface area (Å²) in [5, 5.41) is 9.35. The van der Waals surface area contributed by atoms with Crippen LogP contribution in [-0.4, -0.2) is 34.1 Å². The minimum Gasteiger partial charge on any atom is -0.478 e. The first-order valence-corrected chi connectivity index (χ1v) is 12.9. The molecule has 0 bridgehead atoms. The molecule has 4 aromatic rings. The van der Waals surface area contributed by atoms with E-state index >= 15 is 0 Å². The van der Waals surface area contributed by atoms with E-state index in [-0.39, 0.29) is 16.2 Å². The maximum atomic E-state index is 13.3. The number of hydrogen-bond donors (Lipinski definition) is 2. The fourth-order valence-corrected chi connectivity index (χ4v) is 5.02. The van der Waals surface area contributed by atoms with Gasteiger partial charge in [-0.05, 0) is 54.4 Å². The summed E-state index contributed by atoms with van der Waals surface area (Å²) in [6, 6.07) is 16.8. The lowest BCUT2D eigenvalue weighted by Crippen LogP contribution is -2.37. The van der Waals surface area contributed by atoms with Crippen molar-refractivity contribution in [3.63, 3.8) is 0 Å². The number of amides is 1. The molecule has 0 aliphatic rings. The van der Waals surface area contributed by atoms with Gasteiger partial charge in [0.1, 0.15) is 16.8 Å². The van der Waals surface area contributed by atoms with Crippen LogP contribution in [-0.2, 0) is 21.2 Å². The highest BCUT2D eigenvalue weighted by atomic mass is 32.2. The van der Waals surface area contributed by atoms with Crippen molar-refractivity contribution in [3.05, 3.63) is 83.4 Å². The highest BCUT2D eigenvalue weighted by Crippen LogP contribution is 2.30. The van der Waals surface area contributed by atoms with Crippen molar-refractivity contribution in [3.8, 4) is 5.75 Å². The first-order chi connectivity index (χ1) is 16.8. The number of fused-ring (bicyclic) bond motifs is 1. The third-order valence-electron chi connectivity index (χ3n) is 5.18. The number of rotatable bonds is 9. The molecule has 35 heavy (non-hydrogen) atoms. The van der Waals surface area contributed by atoms with E-state index in [0.29, 0.717) is 35.0 Å². The van der Waals surface area contributed by atoms with E-state index in [4.69, 9.17) is 4.74 Å². The molecule has 0 saturated carbocycles. The molecule has 11 heteroatoms. The molecule has 1 amide bonds. The molecule has 9 nitrogen and oxygen atoms in total. The summed E-state index contributed by atoms with van der Waals surface area (Å²) in [4.78, 5) is 24.7. The number of nitrogens with one attached hydrogen (secondary N) is 1. The van der Waals surface area contributed by atoms with E-state index < -0.39 is 28.0 Å². The molecular formula is C24H21N3O6S2. The number of aromatic carboxylic acids is 1. The monoisotopic (exact) mass is 511 g/mol. The van der Waals surface area contributed by atoms with Crippen LogP contribution in [0.5, 0.6) is 5.75 Å². The molecule has 0 fully saturated rings. The third kappa shape index (κ3) is 5.47. The molecule has 0 aliphatic heterocycles. The van der Waals surface area contributed by atoms with Crippen LogP contribution in [0.4, 0.5) is 0 Å². The van der Waals surface area contributed by atoms with Gasteiger partial charge >= 0.3 is 5.97 Å². The summed E-state index contributed by atoms with van der Waals surface area (Å²) in [7, 11) is -4.16. The van der Waals surface area contributed by atoms with Crippen LogP contribution in [0.3, 0.4) is 0 Å². The summed E-state index contributed by atoms with van der Waals surface area (Å²) in [5.41, 5.74) is 2.22. The van der Waals surface area contributed by atoms with E-state index in [9.17, 15) is 23.1 Å². The van der Waals surface area contributed by atoms with Gasteiger partial charge in [0, 0.05) is 5.56 Å². The number of sulfonamides is 1. The van der Waals surface area contributed by atoms with Gasteiger partial charge in [0.25, 0.3) is 15.9 Å². The second-order valence-corrected chi connectivity index (χ2v) is 9.88. The normalized spacial score (nSPS) is 12.3. The Morgan fingerprint density at radius 1 is 1.03 bits per heavy atom. The second-order valence-electron chi connectivity index (χ2n) is 7.67. The van der Waals surface area contributed by atoms with E-state index in [0.717, 1.165) is 11.7 Å². The van der Waals surface area contributed by atoms with Crippen LogP contribution in [0.1, 0.15) is 40.9 Å². The predicted octanol–water partition coefficient (Wildman–Crippen LogP) is 3.97. The number of ether oxygens (including phenoxy) is 1. The average Bonchev–Trinajstić information content (AvgIpc) is 3.31. The van der Waals surface area contributed by atoms with Crippen molar-refractivity contribution >= 4 is 44.7 Å². The van der Waals surface area contributed by atoms with Crippen LogP contribution in [0, 0.1) is 0 Å². The first kappa shape index (κ1) is 24.3. The zero-order valence-corrected chi connectivity index (χ0v) is 20.2. The summed E-state index contributed by atoms with van der Waals surface area (Å²) in [5.74, 6) is -1.70. The number of hydrogen-bond acceptors (Lipinski definition) is 8. The third-order valence-corrected chi connectivity index (χ3v) is 7.10. The molecule has 1 atom stereocenters. The molecule has 1 aromatic heterocycles. The van der Waals surface area contributed by atoms with Crippen molar-refractivity contribution in [2.75, 3.05) is 0 Å². The van der Waals surface area contributed by atoms with Gasteiger partial charge in [0.05, 0.1) is 22.2 Å². The van der Waals surface area contributed by atoms with Crippen LogP contribution in [0.15, 0.2) is 71.6 Å². The highest BCUT2D eigenvalue weighted by molar-refractivity contribution is 7.90. The zero-order valence-electron chi connectivity index (χ0n) is 18.5. The van der Waals surface area contributed by atoms with Gasteiger partial charge in [-0.25, -0.2) is 17.9 Å². The number of carbonyl (C=O) groups is 2. The SMILES string of the molecule is CCCc1cc(C(=O)O)ccc1OC(C(=O)NS(=O)(=O)c1ccccc1)c1ccc2nsnc2c1. The number of carboxylic acids is 1. The number of carbonyl (C=O) groups excluding carboxylic acids is 1. The molecule has 2 N–H and O–H groups in total.